The third-order valence-corrected chi connectivity index (χ3v) is 4.11. The molecule has 1 saturated heterocycles. The van der Waals surface area contributed by atoms with Gasteiger partial charge < -0.3 is 25.4 Å². The number of aryl methyl sites for hydroxylation is 1. The Balaban J connectivity index is 0. The van der Waals surface area contributed by atoms with Crippen LogP contribution in [0.15, 0.2) is 30.3 Å². The van der Waals surface area contributed by atoms with E-state index in [1.165, 1.54) is 5.56 Å². The first-order chi connectivity index (χ1) is 10.1. The molecular weight excluding hydrogens is 975 g/mol. The van der Waals surface area contributed by atoms with E-state index in [0.29, 0.717) is 6.54 Å². The van der Waals surface area contributed by atoms with Gasteiger partial charge in [0.2, 0.25) is 0 Å². The van der Waals surface area contributed by atoms with Gasteiger partial charge in [0, 0.05) is 132 Å². The molecule has 5 nitrogen and oxygen atoms in total. The minimum Gasteiger partial charge on any atom is -0.394 e. The van der Waals surface area contributed by atoms with Gasteiger partial charge in [-0.3, -0.25) is 0 Å². The Morgan fingerprint density at radius 1 is 1.04 bits per heavy atom. The Morgan fingerprint density at radius 3 is 2.25 bits per heavy atom. The fourth-order valence-electron chi connectivity index (χ4n) is 2.49. The molecule has 5 atom stereocenters. The maximum absolute atomic E-state index is 10.0. The fourth-order valence-corrected chi connectivity index (χ4v) is 2.86. The Bertz CT molecular complexity index is 432. The number of alkyl halides is 1. The van der Waals surface area contributed by atoms with Crippen molar-refractivity contribution in [2.24, 2.45) is 0 Å². The number of benzene rings is 1. The average Bonchev–Trinajstić information content (AvgIpc) is 2.51. The van der Waals surface area contributed by atoms with E-state index < -0.39 is 29.9 Å². The number of nitrogens with one attached hydrogen (secondary N) is 1. The molecule has 3 radical (unpaired) electrons. The first kappa shape index (κ1) is 29.8. The van der Waals surface area contributed by atoms with Crippen molar-refractivity contribution in [1.82, 2.24) is 5.32 Å². The summed E-state index contributed by atoms with van der Waals surface area (Å²) in [5.74, 6) is 0. The molecule has 9 heteroatoms. The molecule has 0 saturated carbocycles. The van der Waals surface area contributed by atoms with Gasteiger partial charge in [-0.05, 0) is 24.9 Å². The molecule has 0 spiro atoms. The second-order valence-electron chi connectivity index (χ2n) is 5.26. The molecule has 24 heavy (non-hydrogen) atoms. The van der Waals surface area contributed by atoms with Crippen molar-refractivity contribution in [2.75, 3.05) is 13.2 Å². The summed E-state index contributed by atoms with van der Waals surface area (Å²) in [4.78, 5) is 0. The number of halogens is 1. The van der Waals surface area contributed by atoms with Gasteiger partial charge >= 0.3 is 0 Å². The van der Waals surface area contributed by atoms with Crippen LogP contribution in [0.3, 0.4) is 0 Å². The van der Waals surface area contributed by atoms with E-state index in [0.717, 1.165) is 12.8 Å². The molecule has 4 unspecified atom stereocenters. The minimum absolute atomic E-state index is 0. The van der Waals surface area contributed by atoms with Crippen molar-refractivity contribution in [3.8, 4) is 0 Å². The molecule has 1 aliphatic heterocycles. The number of hydrogen-bond acceptors (Lipinski definition) is 5. The molecule has 0 amide bonds. The third kappa shape index (κ3) is 9.42. The first-order valence-electron chi connectivity index (χ1n) is 7.17. The molecule has 1 aromatic rings. The van der Waals surface area contributed by atoms with E-state index in [2.05, 4.69) is 17.4 Å². The van der Waals surface area contributed by atoms with Crippen LogP contribution in [0.4, 0.5) is 0 Å². The van der Waals surface area contributed by atoms with Crippen LogP contribution in [0.1, 0.15) is 12.0 Å². The summed E-state index contributed by atoms with van der Waals surface area (Å²) in [5, 5.41) is 32.0. The van der Waals surface area contributed by atoms with Crippen LogP contribution in [0, 0.1) is 132 Å². The minimum atomic E-state index is -1.14. The van der Waals surface area contributed by atoms with Gasteiger partial charge in [-0.25, -0.2) is 0 Å². The first-order valence-corrected chi connectivity index (χ1v) is 7.61. The van der Waals surface area contributed by atoms with E-state index in [-0.39, 0.29) is 139 Å². The zero-order chi connectivity index (χ0) is 15.2. The zero-order valence-electron chi connectivity index (χ0n) is 13.5. The quantitative estimate of drug-likeness (QED) is 0.243. The van der Waals surface area contributed by atoms with Crippen molar-refractivity contribution in [3.05, 3.63) is 35.9 Å². The van der Waals surface area contributed by atoms with Gasteiger partial charge in [0.25, 0.3) is 0 Å². The second-order valence-corrected chi connectivity index (χ2v) is 5.69. The average molecular weight is 997 g/mol. The van der Waals surface area contributed by atoms with E-state index in [1.54, 1.807) is 0 Å². The van der Waals surface area contributed by atoms with Crippen LogP contribution in [0.2, 0.25) is 0 Å². The number of aliphatic hydroxyl groups is 3. The van der Waals surface area contributed by atoms with Crippen molar-refractivity contribution in [2.45, 2.75) is 42.8 Å². The van der Waals surface area contributed by atoms with Crippen molar-refractivity contribution >= 4 is 11.6 Å². The standard InChI is InChI=1S/C15H22ClNO4.3Ac/c16-15-12(14(20)13(19)11(9-18)21-15)17-8-4-7-10-5-2-1-3-6-10;;;/h1-3,5-6,11-15,17-20H,4,7-9H2;;;/t11-,12?,13?,14?,15?;;;/m1.../s1. The monoisotopic (exact) mass is 996 g/mol. The molecule has 1 fully saturated rings. The smallest absolute Gasteiger partial charge is 0.149 e. The van der Waals surface area contributed by atoms with Gasteiger partial charge in [0.1, 0.15) is 23.9 Å². The Kier molecular flexibility index (Phi) is 20.4. The maximum atomic E-state index is 10.0. The normalized spacial score (nSPS) is 28.9. The predicted molar refractivity (Wildman–Crippen MR) is 80.2 cm³/mol. The van der Waals surface area contributed by atoms with Gasteiger partial charge in [-0.2, -0.15) is 0 Å². The van der Waals surface area contributed by atoms with E-state index in [4.69, 9.17) is 21.4 Å². The molecule has 127 valence electrons. The summed E-state index contributed by atoms with van der Waals surface area (Å²) in [6, 6.07) is 9.56. The van der Waals surface area contributed by atoms with Crippen LogP contribution in [0.25, 0.3) is 0 Å². The molecule has 1 heterocycles. The number of ether oxygens (including phenoxy) is 1. The summed E-state index contributed by atoms with van der Waals surface area (Å²) < 4.78 is 5.29. The SMILES string of the molecule is OC[C@H]1OC(Cl)C(NCCCc2ccccc2)C(O)C1O.[Ac].[Ac].[Ac]. The third-order valence-electron chi connectivity index (χ3n) is 3.73. The molecule has 0 bridgehead atoms. The Hall–Kier alpha value is 3.63. The van der Waals surface area contributed by atoms with E-state index in [1.807, 2.05) is 18.2 Å². The van der Waals surface area contributed by atoms with Crippen LogP contribution < -0.4 is 5.32 Å². The number of hydrogen-bond donors (Lipinski definition) is 4. The largest absolute Gasteiger partial charge is 0.394 e. The van der Waals surface area contributed by atoms with Gasteiger partial charge in [0.05, 0.1) is 12.6 Å². The summed E-state index contributed by atoms with van der Waals surface area (Å²) in [5.41, 5.74) is 0.472. The van der Waals surface area contributed by atoms with Gasteiger partial charge in [0.15, 0.2) is 0 Å². The molecule has 1 aliphatic rings. The number of aliphatic hydroxyl groups excluding tert-OH is 3. The topological polar surface area (TPSA) is 82.0 Å². The van der Waals surface area contributed by atoms with E-state index in [9.17, 15) is 10.2 Å². The molecule has 2 rings (SSSR count). The maximum Gasteiger partial charge on any atom is 0.149 e. The van der Waals surface area contributed by atoms with Gasteiger partial charge in [-0.15, -0.1) is 0 Å². The molecule has 4 N–H and O–H groups in total. The summed E-state index contributed by atoms with van der Waals surface area (Å²) in [7, 11) is 0. The summed E-state index contributed by atoms with van der Waals surface area (Å²) in [6.07, 6.45) is -1.24. The van der Waals surface area contributed by atoms with Crippen LogP contribution >= 0.6 is 11.6 Å². The molecule has 0 aromatic heterocycles. The van der Waals surface area contributed by atoms with E-state index >= 15 is 0 Å². The fraction of sp³-hybridized carbons (Fsp3) is 0.600. The Morgan fingerprint density at radius 2 is 1.67 bits per heavy atom. The summed E-state index contributed by atoms with van der Waals surface area (Å²) >= 11 is 6.05. The number of rotatable bonds is 6. The van der Waals surface area contributed by atoms with Crippen LogP contribution in [-0.4, -0.2) is 58.4 Å². The van der Waals surface area contributed by atoms with Gasteiger partial charge in [-0.1, -0.05) is 41.9 Å². The molecular formula is C15H22Ac3ClNO4. The second kappa shape index (κ2) is 16.4. The Labute approximate surface area is 255 Å². The van der Waals surface area contributed by atoms with Crippen molar-refractivity contribution in [1.29, 1.82) is 0 Å². The zero-order valence-corrected chi connectivity index (χ0v) is 28.5. The molecule has 0 aliphatic carbocycles. The van der Waals surface area contributed by atoms with Crippen LogP contribution in [-0.2, 0) is 11.2 Å². The van der Waals surface area contributed by atoms with Crippen LogP contribution in [0.5, 0.6) is 0 Å². The summed E-state index contributed by atoms with van der Waals surface area (Å²) in [6.45, 7) is 0.280. The van der Waals surface area contributed by atoms with Crippen molar-refractivity contribution < 1.29 is 152 Å². The predicted octanol–water partition coefficient (Wildman–Crippen LogP) is 0.255. The molecule has 1 aromatic carbocycles. The van der Waals surface area contributed by atoms with Crippen molar-refractivity contribution in [3.63, 3.8) is 0 Å².